The molecule has 0 aliphatic rings. The normalized spacial score (nSPS) is 10.9. The average Bonchev–Trinajstić information content (AvgIpc) is 3.31. The minimum Gasteiger partial charge on any atom is -0.497 e. The first-order valence-electron chi connectivity index (χ1n) is 11.0. The second-order valence-electron chi connectivity index (χ2n) is 7.58. The van der Waals surface area contributed by atoms with Crippen molar-refractivity contribution in [2.45, 2.75) is 46.1 Å². The maximum absolute atomic E-state index is 13.5. The third-order valence-electron chi connectivity index (χ3n) is 5.26. The number of nitrogens with zero attached hydrogens (tertiary/aromatic N) is 3. The zero-order chi connectivity index (χ0) is 24.0. The Bertz CT molecular complexity index is 1210. The molecule has 0 aliphatic carbocycles. The van der Waals surface area contributed by atoms with Gasteiger partial charge in [0.25, 0.3) is 11.5 Å². The lowest BCUT2D eigenvalue weighted by molar-refractivity contribution is 0.0982. The zero-order valence-electron chi connectivity index (χ0n) is 19.1. The lowest BCUT2D eigenvalue weighted by Crippen LogP contribution is -2.41. The summed E-state index contributed by atoms with van der Waals surface area (Å²) in [5.74, 6) is 0.287. The lowest BCUT2D eigenvalue weighted by atomic mass is 10.2. The van der Waals surface area contributed by atoms with Gasteiger partial charge in [0.15, 0.2) is 5.69 Å². The number of rotatable bonds is 10. The second-order valence-corrected chi connectivity index (χ2v) is 8.43. The van der Waals surface area contributed by atoms with Gasteiger partial charge in [-0.15, -0.1) is 11.3 Å². The van der Waals surface area contributed by atoms with E-state index in [0.717, 1.165) is 30.6 Å². The summed E-state index contributed by atoms with van der Waals surface area (Å²) < 4.78 is 6.50. The van der Waals surface area contributed by atoms with Crippen molar-refractivity contribution in [1.29, 1.82) is 0 Å². The Morgan fingerprint density at radius 3 is 2.52 bits per heavy atom. The van der Waals surface area contributed by atoms with Crippen LogP contribution < -0.4 is 26.6 Å². The van der Waals surface area contributed by atoms with E-state index < -0.39 is 17.2 Å². The van der Waals surface area contributed by atoms with Crippen LogP contribution in [0.5, 0.6) is 5.75 Å². The molecule has 0 saturated heterocycles. The van der Waals surface area contributed by atoms with E-state index in [1.54, 1.807) is 12.5 Å². The number of benzene rings is 1. The van der Waals surface area contributed by atoms with Crippen LogP contribution >= 0.6 is 11.3 Å². The van der Waals surface area contributed by atoms with Crippen molar-refractivity contribution < 1.29 is 9.53 Å². The Morgan fingerprint density at radius 1 is 1.18 bits per heavy atom. The van der Waals surface area contributed by atoms with Crippen molar-refractivity contribution in [3.63, 3.8) is 0 Å². The summed E-state index contributed by atoms with van der Waals surface area (Å²) in [6, 6.07) is 7.39. The number of aromatic amines is 1. The van der Waals surface area contributed by atoms with Crippen LogP contribution in [-0.2, 0) is 6.54 Å². The number of ether oxygens (including phenoxy) is 1. The quantitative estimate of drug-likeness (QED) is 0.466. The number of H-pyrrole nitrogens is 1. The first-order chi connectivity index (χ1) is 15.9. The predicted molar refractivity (Wildman–Crippen MR) is 131 cm³/mol. The fourth-order valence-electron chi connectivity index (χ4n) is 3.38. The molecular weight excluding hydrogens is 442 g/mol. The van der Waals surface area contributed by atoms with Gasteiger partial charge in [-0.25, -0.2) is 9.78 Å². The van der Waals surface area contributed by atoms with Gasteiger partial charge in [0.2, 0.25) is 0 Å². The number of nitrogens with one attached hydrogen (secondary N) is 1. The average molecular weight is 472 g/mol. The molecule has 33 heavy (non-hydrogen) atoms. The standard InChI is InChI=1S/C23H29N5O4S/c1-4-6-12-27(18-19(24)28(13-7-5-2)23(31)26-20(18)29)22(30)17-14-33-21(25-17)15-8-10-16(32-3)11-9-15/h8-11,14H,4-7,12-13,24H2,1-3H3,(H,26,29,31). The number of carbonyl (C=O) groups excluding carboxylic acids is 1. The summed E-state index contributed by atoms with van der Waals surface area (Å²) in [7, 11) is 1.60. The molecule has 1 amide bonds. The van der Waals surface area contributed by atoms with Gasteiger partial charge in [0, 0.05) is 24.0 Å². The molecule has 10 heteroatoms. The number of methoxy groups -OCH3 is 1. The molecule has 0 spiro atoms. The summed E-state index contributed by atoms with van der Waals surface area (Å²) >= 11 is 1.33. The highest BCUT2D eigenvalue weighted by atomic mass is 32.1. The van der Waals surface area contributed by atoms with Crippen molar-refractivity contribution in [1.82, 2.24) is 14.5 Å². The van der Waals surface area contributed by atoms with Crippen LogP contribution in [0, 0.1) is 0 Å². The van der Waals surface area contributed by atoms with Crippen molar-refractivity contribution in [3.8, 4) is 16.3 Å². The largest absolute Gasteiger partial charge is 0.497 e. The van der Waals surface area contributed by atoms with Gasteiger partial charge in [0.05, 0.1) is 7.11 Å². The van der Waals surface area contributed by atoms with Crippen LogP contribution in [0.3, 0.4) is 0 Å². The van der Waals surface area contributed by atoms with Crippen LogP contribution in [-0.4, -0.2) is 34.1 Å². The summed E-state index contributed by atoms with van der Waals surface area (Å²) in [4.78, 5) is 46.7. The topological polar surface area (TPSA) is 123 Å². The summed E-state index contributed by atoms with van der Waals surface area (Å²) in [5.41, 5.74) is 6.06. The number of hydrogen-bond donors (Lipinski definition) is 2. The molecule has 9 nitrogen and oxygen atoms in total. The van der Waals surface area contributed by atoms with Gasteiger partial charge in [-0.2, -0.15) is 0 Å². The Morgan fingerprint density at radius 2 is 1.88 bits per heavy atom. The molecule has 0 saturated carbocycles. The number of nitrogen functional groups attached to an aromatic ring is 1. The number of nitrogens with two attached hydrogens (primary N) is 1. The molecule has 0 unspecified atom stereocenters. The number of unbranched alkanes of at least 4 members (excludes halogenated alkanes) is 2. The Balaban J connectivity index is 2.00. The molecule has 0 bridgehead atoms. The van der Waals surface area contributed by atoms with E-state index in [4.69, 9.17) is 10.5 Å². The molecule has 2 heterocycles. The highest BCUT2D eigenvalue weighted by Crippen LogP contribution is 2.27. The molecular formula is C23H29N5O4S. The molecule has 176 valence electrons. The maximum atomic E-state index is 13.5. The Hall–Kier alpha value is -3.40. The SMILES string of the molecule is CCCCN(C(=O)c1csc(-c2ccc(OC)cc2)n1)c1c(N)n(CCCC)c(=O)[nH]c1=O. The van der Waals surface area contributed by atoms with Crippen LogP contribution in [0.25, 0.3) is 10.6 Å². The van der Waals surface area contributed by atoms with Crippen molar-refractivity contribution in [2.75, 3.05) is 24.3 Å². The van der Waals surface area contributed by atoms with E-state index in [2.05, 4.69) is 9.97 Å². The molecule has 3 N–H and O–H groups in total. The molecule has 0 fully saturated rings. The third-order valence-corrected chi connectivity index (χ3v) is 6.15. The molecule has 0 atom stereocenters. The monoisotopic (exact) mass is 471 g/mol. The van der Waals surface area contributed by atoms with E-state index in [9.17, 15) is 14.4 Å². The van der Waals surface area contributed by atoms with Gasteiger partial charge in [-0.3, -0.25) is 24.0 Å². The molecule has 2 aromatic heterocycles. The smallest absolute Gasteiger partial charge is 0.330 e. The van der Waals surface area contributed by atoms with E-state index in [0.29, 0.717) is 18.0 Å². The predicted octanol–water partition coefficient (Wildman–Crippen LogP) is 3.50. The maximum Gasteiger partial charge on any atom is 0.330 e. The minimum absolute atomic E-state index is 0.00717. The van der Waals surface area contributed by atoms with Gasteiger partial charge in [0.1, 0.15) is 22.3 Å². The number of anilines is 2. The molecule has 0 aliphatic heterocycles. The van der Waals surface area contributed by atoms with Crippen molar-refractivity contribution in [3.05, 3.63) is 56.2 Å². The molecule has 1 aromatic carbocycles. The van der Waals surface area contributed by atoms with Crippen LogP contribution in [0.1, 0.15) is 50.0 Å². The van der Waals surface area contributed by atoms with Crippen LogP contribution in [0.15, 0.2) is 39.2 Å². The Kier molecular flexibility index (Phi) is 8.05. The second kappa shape index (κ2) is 11.0. The highest BCUT2D eigenvalue weighted by Gasteiger charge is 2.26. The number of carbonyl (C=O) groups is 1. The summed E-state index contributed by atoms with van der Waals surface area (Å²) in [6.45, 7) is 4.62. The van der Waals surface area contributed by atoms with Gasteiger partial charge in [-0.1, -0.05) is 26.7 Å². The number of hydrogen-bond acceptors (Lipinski definition) is 7. The van der Waals surface area contributed by atoms with Crippen molar-refractivity contribution >= 4 is 28.7 Å². The number of amides is 1. The van der Waals surface area contributed by atoms with Crippen LogP contribution in [0.2, 0.25) is 0 Å². The number of aromatic nitrogens is 3. The highest BCUT2D eigenvalue weighted by molar-refractivity contribution is 7.13. The minimum atomic E-state index is -0.680. The van der Waals surface area contributed by atoms with Gasteiger partial charge < -0.3 is 10.5 Å². The van der Waals surface area contributed by atoms with Crippen LogP contribution in [0.4, 0.5) is 11.5 Å². The zero-order valence-corrected chi connectivity index (χ0v) is 19.9. The Labute approximate surface area is 195 Å². The molecule has 3 aromatic rings. The van der Waals surface area contributed by atoms with E-state index in [-0.39, 0.29) is 23.7 Å². The molecule has 3 rings (SSSR count). The van der Waals surface area contributed by atoms with E-state index >= 15 is 0 Å². The fraction of sp³-hybridized carbons (Fsp3) is 0.391. The summed E-state index contributed by atoms with van der Waals surface area (Å²) in [6.07, 6.45) is 3.04. The first-order valence-corrected chi connectivity index (χ1v) is 11.8. The van der Waals surface area contributed by atoms with E-state index in [1.807, 2.05) is 38.1 Å². The fourth-order valence-corrected chi connectivity index (χ4v) is 4.18. The third kappa shape index (κ3) is 5.33. The van der Waals surface area contributed by atoms with Crippen molar-refractivity contribution in [2.24, 2.45) is 0 Å². The number of thiazole rings is 1. The van der Waals surface area contributed by atoms with E-state index in [1.165, 1.54) is 20.8 Å². The summed E-state index contributed by atoms with van der Waals surface area (Å²) in [5, 5.41) is 2.34. The molecule has 0 radical (unpaired) electrons. The first kappa shape index (κ1) is 24.2. The van der Waals surface area contributed by atoms with Gasteiger partial charge >= 0.3 is 5.69 Å². The lowest BCUT2D eigenvalue weighted by Gasteiger charge is -2.23. The van der Waals surface area contributed by atoms with Gasteiger partial charge in [-0.05, 0) is 37.1 Å².